The molecule has 1 heterocycles. The van der Waals surface area contributed by atoms with Crippen LogP contribution in [0.15, 0.2) is 0 Å². The van der Waals surface area contributed by atoms with Gasteiger partial charge in [-0.25, -0.2) is 0 Å². The van der Waals surface area contributed by atoms with Crippen molar-refractivity contribution in [3.63, 3.8) is 0 Å². The Kier molecular flexibility index (Phi) is 2.83. The van der Waals surface area contributed by atoms with E-state index in [2.05, 4.69) is 0 Å². The van der Waals surface area contributed by atoms with Crippen LogP contribution in [0.2, 0.25) is 0 Å². The number of methoxy groups -OCH3 is 1. The van der Waals surface area contributed by atoms with Crippen molar-refractivity contribution in [2.45, 2.75) is 5.60 Å². The van der Waals surface area contributed by atoms with Gasteiger partial charge in [-0.15, -0.1) is 0 Å². The van der Waals surface area contributed by atoms with Gasteiger partial charge >= 0.3 is 0 Å². The summed E-state index contributed by atoms with van der Waals surface area (Å²) in [5.41, 5.74) is -0.892. The van der Waals surface area contributed by atoms with E-state index in [1.807, 2.05) is 6.07 Å². The Bertz CT molecular complexity index is 156. The van der Waals surface area contributed by atoms with Crippen molar-refractivity contribution in [3.05, 3.63) is 0 Å². The van der Waals surface area contributed by atoms with Crippen LogP contribution >= 0.6 is 0 Å². The first-order chi connectivity index (χ1) is 5.33. The first-order valence-corrected chi connectivity index (χ1v) is 3.45. The third kappa shape index (κ3) is 1.90. The summed E-state index contributed by atoms with van der Waals surface area (Å²) in [5, 5.41) is 8.73. The number of nitrogens with zero attached hydrogens (tertiary/aromatic N) is 1. The number of hydrogen-bond donors (Lipinski definition) is 0. The topological polar surface area (TPSA) is 51.5 Å². The van der Waals surface area contributed by atoms with Crippen LogP contribution in [0.3, 0.4) is 0 Å². The molecule has 0 unspecified atom stereocenters. The first-order valence-electron chi connectivity index (χ1n) is 3.45. The highest BCUT2D eigenvalue weighted by Crippen LogP contribution is 2.12. The number of nitriles is 1. The molecule has 0 spiro atoms. The van der Waals surface area contributed by atoms with Crippen LogP contribution < -0.4 is 0 Å². The Morgan fingerprint density at radius 1 is 1.36 bits per heavy atom. The van der Waals surface area contributed by atoms with E-state index < -0.39 is 5.60 Å². The van der Waals surface area contributed by atoms with Gasteiger partial charge in [0.25, 0.3) is 0 Å². The highest BCUT2D eigenvalue weighted by atomic mass is 16.6. The largest absolute Gasteiger partial charge is 0.375 e. The standard InChI is InChI=1S/C7H11NO3/c1-9-7(4-8)5-10-2-3-11-6-7/h2-3,5-6H2,1H3. The summed E-state index contributed by atoms with van der Waals surface area (Å²) in [5.74, 6) is 0. The number of ether oxygens (including phenoxy) is 3. The second-order valence-corrected chi connectivity index (χ2v) is 2.42. The maximum absolute atomic E-state index is 8.73. The molecule has 1 rings (SSSR count). The lowest BCUT2D eigenvalue weighted by molar-refractivity contribution is -0.0445. The third-order valence-corrected chi connectivity index (χ3v) is 1.64. The number of rotatable bonds is 1. The van der Waals surface area contributed by atoms with Crippen molar-refractivity contribution in [2.24, 2.45) is 0 Å². The lowest BCUT2D eigenvalue weighted by Crippen LogP contribution is -2.38. The first kappa shape index (κ1) is 8.47. The summed E-state index contributed by atoms with van der Waals surface area (Å²) in [6, 6.07) is 2.03. The van der Waals surface area contributed by atoms with Crippen molar-refractivity contribution in [1.82, 2.24) is 0 Å². The molecule has 1 aliphatic heterocycles. The predicted molar refractivity (Wildman–Crippen MR) is 37.0 cm³/mol. The van der Waals surface area contributed by atoms with E-state index in [1.54, 1.807) is 0 Å². The Balaban J connectivity index is 2.58. The second kappa shape index (κ2) is 3.67. The molecule has 0 bridgehead atoms. The fourth-order valence-electron chi connectivity index (χ4n) is 0.862. The lowest BCUT2D eigenvalue weighted by atomic mass is 10.1. The summed E-state index contributed by atoms with van der Waals surface area (Å²) in [7, 11) is 1.49. The van der Waals surface area contributed by atoms with Crippen LogP contribution in [0, 0.1) is 11.3 Å². The van der Waals surface area contributed by atoms with E-state index in [0.29, 0.717) is 26.4 Å². The summed E-state index contributed by atoms with van der Waals surface area (Å²) in [4.78, 5) is 0. The Morgan fingerprint density at radius 3 is 2.27 bits per heavy atom. The van der Waals surface area contributed by atoms with Gasteiger partial charge in [-0.3, -0.25) is 0 Å². The van der Waals surface area contributed by atoms with E-state index in [0.717, 1.165) is 0 Å². The molecule has 4 nitrogen and oxygen atoms in total. The van der Waals surface area contributed by atoms with Crippen LogP contribution in [0.25, 0.3) is 0 Å². The van der Waals surface area contributed by atoms with E-state index in [1.165, 1.54) is 7.11 Å². The quantitative estimate of drug-likeness (QED) is 0.535. The third-order valence-electron chi connectivity index (χ3n) is 1.64. The summed E-state index contributed by atoms with van der Waals surface area (Å²) in [6.45, 7) is 1.65. The molecule has 0 N–H and O–H groups in total. The van der Waals surface area contributed by atoms with Crippen LogP contribution in [-0.2, 0) is 14.2 Å². The van der Waals surface area contributed by atoms with Gasteiger partial charge in [0.2, 0.25) is 0 Å². The Labute approximate surface area is 65.7 Å². The van der Waals surface area contributed by atoms with Gasteiger partial charge in [0.05, 0.1) is 26.4 Å². The normalized spacial score (nSPS) is 23.6. The minimum absolute atomic E-state index is 0.292. The van der Waals surface area contributed by atoms with Gasteiger partial charge in [-0.05, 0) is 0 Å². The van der Waals surface area contributed by atoms with Gasteiger partial charge in [0, 0.05) is 7.11 Å². The maximum atomic E-state index is 8.73. The molecular weight excluding hydrogens is 146 g/mol. The van der Waals surface area contributed by atoms with Gasteiger partial charge in [-0.1, -0.05) is 0 Å². The van der Waals surface area contributed by atoms with Crippen molar-refractivity contribution in [1.29, 1.82) is 5.26 Å². The Hall–Kier alpha value is -0.630. The molecule has 4 heteroatoms. The summed E-state index contributed by atoms with van der Waals surface area (Å²) in [6.07, 6.45) is 0. The molecule has 0 atom stereocenters. The zero-order valence-corrected chi connectivity index (χ0v) is 6.50. The molecule has 1 saturated heterocycles. The van der Waals surface area contributed by atoms with E-state index in [-0.39, 0.29) is 0 Å². The van der Waals surface area contributed by atoms with E-state index in [4.69, 9.17) is 19.5 Å². The second-order valence-electron chi connectivity index (χ2n) is 2.42. The van der Waals surface area contributed by atoms with Gasteiger partial charge in [-0.2, -0.15) is 5.26 Å². The monoisotopic (exact) mass is 157 g/mol. The predicted octanol–water partition coefficient (Wildman–Crippen LogP) is -0.0580. The molecule has 0 aliphatic carbocycles. The fraction of sp³-hybridized carbons (Fsp3) is 0.857. The molecule has 1 aliphatic rings. The van der Waals surface area contributed by atoms with Crippen LogP contribution in [0.5, 0.6) is 0 Å². The minimum Gasteiger partial charge on any atom is -0.375 e. The zero-order valence-electron chi connectivity index (χ0n) is 6.50. The molecule has 1 fully saturated rings. The molecule has 62 valence electrons. The van der Waals surface area contributed by atoms with Gasteiger partial charge < -0.3 is 14.2 Å². The fourth-order valence-corrected chi connectivity index (χ4v) is 0.862. The highest BCUT2D eigenvalue weighted by Gasteiger charge is 2.32. The van der Waals surface area contributed by atoms with Crippen LogP contribution in [0.4, 0.5) is 0 Å². The smallest absolute Gasteiger partial charge is 0.200 e. The van der Waals surface area contributed by atoms with Gasteiger partial charge in [0.1, 0.15) is 6.07 Å². The van der Waals surface area contributed by atoms with Crippen LogP contribution in [0.1, 0.15) is 0 Å². The SMILES string of the molecule is COC1(C#N)COCCOC1. The van der Waals surface area contributed by atoms with E-state index >= 15 is 0 Å². The molecule has 11 heavy (non-hydrogen) atoms. The zero-order chi connectivity index (χ0) is 8.16. The molecular formula is C7H11NO3. The summed E-state index contributed by atoms with van der Waals surface area (Å²) >= 11 is 0. The summed E-state index contributed by atoms with van der Waals surface area (Å²) < 4.78 is 15.2. The average molecular weight is 157 g/mol. The number of hydrogen-bond acceptors (Lipinski definition) is 4. The molecule has 0 amide bonds. The van der Waals surface area contributed by atoms with Crippen LogP contribution in [-0.4, -0.2) is 39.1 Å². The van der Waals surface area contributed by atoms with Crippen molar-refractivity contribution in [3.8, 4) is 6.07 Å². The minimum atomic E-state index is -0.892. The van der Waals surface area contributed by atoms with Crippen molar-refractivity contribution < 1.29 is 14.2 Å². The molecule has 0 aromatic rings. The van der Waals surface area contributed by atoms with Crippen molar-refractivity contribution in [2.75, 3.05) is 33.5 Å². The average Bonchev–Trinajstić information content (AvgIpc) is 2.30. The Morgan fingerprint density at radius 2 is 1.91 bits per heavy atom. The van der Waals surface area contributed by atoms with E-state index in [9.17, 15) is 0 Å². The molecule has 0 radical (unpaired) electrons. The van der Waals surface area contributed by atoms with Gasteiger partial charge in [0.15, 0.2) is 5.60 Å². The van der Waals surface area contributed by atoms with Crippen molar-refractivity contribution >= 4 is 0 Å². The molecule has 0 saturated carbocycles. The lowest BCUT2D eigenvalue weighted by Gasteiger charge is -2.20. The molecule has 0 aromatic heterocycles. The maximum Gasteiger partial charge on any atom is 0.200 e. The highest BCUT2D eigenvalue weighted by molar-refractivity contribution is 5.02. The molecule has 0 aromatic carbocycles.